The number of rotatable bonds is 6. The second-order valence-electron chi connectivity index (χ2n) is 2.92. The van der Waals surface area contributed by atoms with E-state index in [1.165, 1.54) is 13.8 Å². The molecule has 0 radical (unpaired) electrons. The third-order valence-corrected chi connectivity index (χ3v) is 1.88. The van der Waals surface area contributed by atoms with Crippen molar-refractivity contribution in [2.24, 2.45) is 5.73 Å². The van der Waals surface area contributed by atoms with Crippen LogP contribution in [0.3, 0.4) is 0 Å². The predicted octanol–water partition coefficient (Wildman–Crippen LogP) is -0.121. The topological polar surface area (TPSA) is 90.7 Å². The van der Waals surface area contributed by atoms with Crippen molar-refractivity contribution in [3.63, 3.8) is 0 Å². The molecule has 0 heterocycles. The van der Waals surface area contributed by atoms with Crippen LogP contribution in [0.25, 0.3) is 0 Å². The first-order chi connectivity index (χ1) is 6.95. The van der Waals surface area contributed by atoms with Crippen LogP contribution >= 0.6 is 12.6 Å². The first-order valence-electron chi connectivity index (χ1n) is 4.41. The van der Waals surface area contributed by atoms with Gasteiger partial charge in [0.05, 0.1) is 12.6 Å². The van der Waals surface area contributed by atoms with Crippen LogP contribution < -0.4 is 11.1 Å². The van der Waals surface area contributed by atoms with Gasteiger partial charge in [0.1, 0.15) is 0 Å². The Morgan fingerprint density at radius 1 is 1.53 bits per heavy atom. The van der Waals surface area contributed by atoms with Gasteiger partial charge in [-0.05, 0) is 6.92 Å². The highest BCUT2D eigenvalue weighted by Crippen LogP contribution is 1.97. The zero-order valence-corrected chi connectivity index (χ0v) is 9.62. The molecule has 15 heavy (non-hydrogen) atoms. The zero-order valence-electron chi connectivity index (χ0n) is 8.73. The smallest absolute Gasteiger partial charge is 0.406 e. The molecule has 0 fully saturated rings. The van der Waals surface area contributed by atoms with Crippen LogP contribution in [0.4, 0.5) is 4.79 Å². The quantitative estimate of drug-likeness (QED) is 0.443. The molecular formula is C8H16N2O4S. The third kappa shape index (κ3) is 8.07. The maximum absolute atomic E-state index is 10.7. The number of amides is 2. The van der Waals surface area contributed by atoms with Crippen LogP contribution in [0, 0.1) is 0 Å². The van der Waals surface area contributed by atoms with Crippen LogP contribution in [-0.4, -0.2) is 36.7 Å². The van der Waals surface area contributed by atoms with E-state index in [0.29, 0.717) is 5.75 Å². The lowest BCUT2D eigenvalue weighted by Crippen LogP contribution is -2.39. The number of primary amides is 1. The standard InChI is InChI=1S/C8H16N2O4S/c1-5(11)10-7(4-15)3-13-6(2)14-8(9)12/h6-7,15H,3-4H2,1-2H3,(H2,9,12)(H,10,11)/t6?,7-/m1/s1. The second-order valence-corrected chi connectivity index (χ2v) is 3.28. The monoisotopic (exact) mass is 236 g/mol. The van der Waals surface area contributed by atoms with Gasteiger partial charge in [0.25, 0.3) is 0 Å². The Kier molecular flexibility index (Phi) is 6.89. The lowest BCUT2D eigenvalue weighted by molar-refractivity contribution is -0.122. The van der Waals surface area contributed by atoms with Gasteiger partial charge in [-0.2, -0.15) is 12.6 Å². The molecule has 0 spiro atoms. The predicted molar refractivity (Wildman–Crippen MR) is 57.5 cm³/mol. The molecule has 88 valence electrons. The van der Waals surface area contributed by atoms with Gasteiger partial charge in [0.15, 0.2) is 0 Å². The van der Waals surface area contributed by atoms with Gasteiger partial charge in [-0.15, -0.1) is 0 Å². The van der Waals surface area contributed by atoms with Gasteiger partial charge in [-0.25, -0.2) is 4.79 Å². The fraction of sp³-hybridized carbons (Fsp3) is 0.750. The lowest BCUT2D eigenvalue weighted by atomic mass is 10.3. The Balaban J connectivity index is 3.79. The number of nitrogens with two attached hydrogens (primary N) is 1. The van der Waals surface area contributed by atoms with E-state index in [2.05, 4.69) is 22.7 Å². The highest BCUT2D eigenvalue weighted by molar-refractivity contribution is 7.80. The number of hydrogen-bond acceptors (Lipinski definition) is 5. The van der Waals surface area contributed by atoms with Crippen molar-refractivity contribution in [3.8, 4) is 0 Å². The molecule has 2 atom stereocenters. The van der Waals surface area contributed by atoms with E-state index >= 15 is 0 Å². The number of thiol groups is 1. The summed E-state index contributed by atoms with van der Waals surface area (Å²) in [6.45, 7) is 3.14. The molecule has 6 nitrogen and oxygen atoms in total. The van der Waals surface area contributed by atoms with Gasteiger partial charge >= 0.3 is 6.09 Å². The van der Waals surface area contributed by atoms with E-state index in [1.807, 2.05) is 0 Å². The molecule has 0 saturated carbocycles. The summed E-state index contributed by atoms with van der Waals surface area (Å²) in [5, 5.41) is 2.63. The highest BCUT2D eigenvalue weighted by Gasteiger charge is 2.12. The van der Waals surface area contributed by atoms with Crippen LogP contribution in [-0.2, 0) is 14.3 Å². The fourth-order valence-corrected chi connectivity index (χ4v) is 1.07. The zero-order chi connectivity index (χ0) is 11.8. The van der Waals surface area contributed by atoms with Crippen molar-refractivity contribution in [2.45, 2.75) is 26.2 Å². The largest absolute Gasteiger partial charge is 0.420 e. The molecule has 0 aromatic heterocycles. The summed E-state index contributed by atoms with van der Waals surface area (Å²) in [5.74, 6) is 0.268. The average molecular weight is 236 g/mol. The minimum absolute atomic E-state index is 0.166. The minimum atomic E-state index is -0.899. The summed E-state index contributed by atoms with van der Waals surface area (Å²) in [6, 6.07) is -0.218. The first kappa shape index (κ1) is 14.1. The van der Waals surface area contributed by atoms with Gasteiger partial charge in [-0.3, -0.25) is 4.79 Å². The molecule has 0 aromatic rings. The molecule has 3 N–H and O–H groups in total. The van der Waals surface area contributed by atoms with Gasteiger partial charge in [0, 0.05) is 12.7 Å². The molecular weight excluding hydrogens is 220 g/mol. The number of carbonyl (C=O) groups is 2. The molecule has 0 bridgehead atoms. The number of ether oxygens (including phenoxy) is 2. The molecule has 0 aliphatic heterocycles. The van der Waals surface area contributed by atoms with E-state index in [9.17, 15) is 9.59 Å². The molecule has 0 rings (SSSR count). The first-order valence-corrected chi connectivity index (χ1v) is 5.04. The Morgan fingerprint density at radius 2 is 2.13 bits per heavy atom. The molecule has 7 heteroatoms. The Bertz CT molecular complexity index is 225. The van der Waals surface area contributed by atoms with Crippen molar-refractivity contribution < 1.29 is 19.1 Å². The van der Waals surface area contributed by atoms with Gasteiger partial charge in [-0.1, -0.05) is 0 Å². The molecule has 0 aliphatic carbocycles. The van der Waals surface area contributed by atoms with E-state index in [-0.39, 0.29) is 18.6 Å². The third-order valence-electron chi connectivity index (χ3n) is 1.44. The lowest BCUT2D eigenvalue weighted by Gasteiger charge is -2.18. The summed E-state index contributed by atoms with van der Waals surface area (Å²) in [5.41, 5.74) is 4.79. The van der Waals surface area contributed by atoms with E-state index < -0.39 is 12.4 Å². The van der Waals surface area contributed by atoms with Gasteiger partial charge < -0.3 is 20.5 Å². The summed E-state index contributed by atoms with van der Waals surface area (Å²) in [4.78, 5) is 21.1. The molecule has 0 aromatic carbocycles. The fourth-order valence-electron chi connectivity index (χ4n) is 0.877. The van der Waals surface area contributed by atoms with Crippen LogP contribution in [0.5, 0.6) is 0 Å². The Labute approximate surface area is 93.9 Å². The summed E-state index contributed by atoms with van der Waals surface area (Å²) in [7, 11) is 0. The molecule has 0 aliphatic rings. The summed E-state index contributed by atoms with van der Waals surface area (Å²) >= 11 is 4.04. The molecule has 0 saturated heterocycles. The highest BCUT2D eigenvalue weighted by atomic mass is 32.1. The van der Waals surface area contributed by atoms with E-state index in [4.69, 9.17) is 10.5 Å². The van der Waals surface area contributed by atoms with E-state index in [0.717, 1.165) is 0 Å². The van der Waals surface area contributed by atoms with Crippen molar-refractivity contribution >= 4 is 24.6 Å². The van der Waals surface area contributed by atoms with Crippen LogP contribution in [0.2, 0.25) is 0 Å². The van der Waals surface area contributed by atoms with Crippen molar-refractivity contribution in [1.82, 2.24) is 5.32 Å². The maximum Gasteiger partial charge on any atom is 0.406 e. The minimum Gasteiger partial charge on any atom is -0.420 e. The van der Waals surface area contributed by atoms with Crippen LogP contribution in [0.1, 0.15) is 13.8 Å². The molecule has 1 unspecified atom stereocenters. The second kappa shape index (κ2) is 7.36. The maximum atomic E-state index is 10.7. The number of nitrogens with one attached hydrogen (secondary N) is 1. The van der Waals surface area contributed by atoms with Crippen LogP contribution in [0.15, 0.2) is 0 Å². The SMILES string of the molecule is CC(=O)N[C@@H](CS)COC(C)OC(N)=O. The Morgan fingerprint density at radius 3 is 2.53 bits per heavy atom. The van der Waals surface area contributed by atoms with Crippen molar-refractivity contribution in [2.75, 3.05) is 12.4 Å². The van der Waals surface area contributed by atoms with E-state index in [1.54, 1.807) is 0 Å². The van der Waals surface area contributed by atoms with Gasteiger partial charge in [0.2, 0.25) is 12.2 Å². The number of hydrogen-bond donors (Lipinski definition) is 3. The Hall–Kier alpha value is -0.950. The summed E-state index contributed by atoms with van der Waals surface area (Å²) in [6.07, 6.45) is -1.64. The number of carbonyl (C=O) groups excluding carboxylic acids is 2. The van der Waals surface area contributed by atoms with Crippen molar-refractivity contribution in [3.05, 3.63) is 0 Å². The molecule has 2 amide bonds. The average Bonchev–Trinajstić information content (AvgIpc) is 2.10. The summed E-state index contributed by atoms with van der Waals surface area (Å²) < 4.78 is 9.65. The van der Waals surface area contributed by atoms with Crippen molar-refractivity contribution in [1.29, 1.82) is 0 Å². The normalized spacial score (nSPS) is 14.1.